The molecule has 1 saturated heterocycles. The highest BCUT2D eigenvalue weighted by molar-refractivity contribution is 6.07. The van der Waals surface area contributed by atoms with Crippen molar-refractivity contribution in [3.63, 3.8) is 0 Å². The number of aromatic nitrogens is 1. The molecule has 3 amide bonds. The highest BCUT2D eigenvalue weighted by Crippen LogP contribution is 2.34. The Balaban J connectivity index is 1.84. The van der Waals surface area contributed by atoms with Gasteiger partial charge in [0.15, 0.2) is 11.4 Å². The molecule has 0 saturated carbocycles. The molecule has 1 fully saturated rings. The summed E-state index contributed by atoms with van der Waals surface area (Å²) >= 11 is 0. The van der Waals surface area contributed by atoms with Crippen LogP contribution >= 0.6 is 0 Å². The van der Waals surface area contributed by atoms with Crippen molar-refractivity contribution in [2.45, 2.75) is 12.1 Å². The minimum atomic E-state index is -1.50. The first-order chi connectivity index (χ1) is 12.4. The Bertz CT molecular complexity index is 1040. The fourth-order valence-electron chi connectivity index (χ4n) is 3.24. The molecule has 0 bridgehead atoms. The number of halogens is 1. The molecule has 3 aromatic rings. The van der Waals surface area contributed by atoms with Gasteiger partial charge in [-0.05, 0) is 35.9 Å². The summed E-state index contributed by atoms with van der Waals surface area (Å²) in [5, 5.41) is 25.9. The summed E-state index contributed by atoms with van der Waals surface area (Å²) in [4.78, 5) is 24.3. The third kappa shape index (κ3) is 2.34. The van der Waals surface area contributed by atoms with Crippen LogP contribution in [0, 0.1) is 5.82 Å². The smallest absolute Gasteiger partial charge is 0.322 e. The number of urea groups is 1. The molecule has 0 radical (unpaired) electrons. The van der Waals surface area contributed by atoms with Gasteiger partial charge in [-0.1, -0.05) is 12.1 Å². The number of carbonyl (C=O) groups is 2. The van der Waals surface area contributed by atoms with Crippen LogP contribution < -0.4 is 10.6 Å². The number of nitrogens with zero attached hydrogens (tertiary/aromatic N) is 1. The van der Waals surface area contributed by atoms with Crippen LogP contribution in [-0.4, -0.2) is 26.7 Å². The number of imide groups is 1. The van der Waals surface area contributed by atoms with Crippen LogP contribution in [0.5, 0.6) is 11.6 Å². The van der Waals surface area contributed by atoms with E-state index in [0.717, 1.165) is 0 Å². The summed E-state index contributed by atoms with van der Waals surface area (Å²) in [6, 6.07) is 9.04. The lowest BCUT2D eigenvalue weighted by atomic mass is 9.89. The minimum absolute atomic E-state index is 0.00860. The van der Waals surface area contributed by atoms with Crippen LogP contribution in [0.4, 0.5) is 9.18 Å². The van der Waals surface area contributed by atoms with Crippen molar-refractivity contribution < 1.29 is 24.2 Å². The fraction of sp³-hybridized carbons (Fsp3) is 0.111. The standard InChI is InChI=1S/C18H14FN3O4/c19-12-4-2-11(3-5-12)18(16(25)20-17(26)21-18)9-22-8-10-1-6-13(23)7-14(10)15(22)24/h1-8,23-24H,9H2,(H2,20,21,25,26)/t18-/m0/s1. The number of rotatable bonds is 3. The summed E-state index contributed by atoms with van der Waals surface area (Å²) in [5.41, 5.74) is -1.12. The maximum Gasteiger partial charge on any atom is 0.322 e. The zero-order valence-electron chi connectivity index (χ0n) is 13.4. The van der Waals surface area contributed by atoms with Crippen LogP contribution in [0.25, 0.3) is 10.8 Å². The first-order valence-electron chi connectivity index (χ1n) is 7.79. The van der Waals surface area contributed by atoms with E-state index in [2.05, 4.69) is 10.6 Å². The molecule has 26 heavy (non-hydrogen) atoms. The minimum Gasteiger partial charge on any atom is -0.508 e. The molecule has 0 aliphatic carbocycles. The largest absolute Gasteiger partial charge is 0.508 e. The van der Waals surface area contributed by atoms with E-state index in [0.29, 0.717) is 16.3 Å². The number of fused-ring (bicyclic) bond motifs is 1. The Kier molecular flexibility index (Phi) is 3.36. The van der Waals surface area contributed by atoms with Gasteiger partial charge in [0.05, 0.1) is 6.54 Å². The maximum absolute atomic E-state index is 13.3. The molecule has 132 valence electrons. The van der Waals surface area contributed by atoms with Crippen LogP contribution in [0.3, 0.4) is 0 Å². The molecular weight excluding hydrogens is 341 g/mol. The van der Waals surface area contributed by atoms with Gasteiger partial charge in [0.25, 0.3) is 5.91 Å². The van der Waals surface area contributed by atoms with E-state index in [9.17, 15) is 24.2 Å². The van der Waals surface area contributed by atoms with Crippen molar-refractivity contribution in [2.24, 2.45) is 0 Å². The van der Waals surface area contributed by atoms with Crippen molar-refractivity contribution in [2.75, 3.05) is 0 Å². The number of nitrogens with one attached hydrogen (secondary N) is 2. The van der Waals surface area contributed by atoms with Gasteiger partial charge in [-0.3, -0.25) is 10.1 Å². The van der Waals surface area contributed by atoms with E-state index in [-0.39, 0.29) is 18.2 Å². The summed E-state index contributed by atoms with van der Waals surface area (Å²) in [6.45, 7) is -0.114. The number of phenols is 1. The summed E-state index contributed by atoms with van der Waals surface area (Å²) in [5.74, 6) is -1.25. The second-order valence-electron chi connectivity index (χ2n) is 6.17. The fourth-order valence-corrected chi connectivity index (χ4v) is 3.24. The Hall–Kier alpha value is -3.55. The van der Waals surface area contributed by atoms with Crippen molar-refractivity contribution in [3.05, 3.63) is 60.0 Å². The number of benzene rings is 2. The third-order valence-electron chi connectivity index (χ3n) is 4.53. The first kappa shape index (κ1) is 15.9. The number of carbonyl (C=O) groups excluding carboxylic acids is 2. The highest BCUT2D eigenvalue weighted by Gasteiger charge is 2.48. The van der Waals surface area contributed by atoms with Crippen molar-refractivity contribution in [1.82, 2.24) is 15.2 Å². The van der Waals surface area contributed by atoms with E-state index in [1.54, 1.807) is 12.3 Å². The quantitative estimate of drug-likeness (QED) is 0.539. The highest BCUT2D eigenvalue weighted by atomic mass is 19.1. The van der Waals surface area contributed by atoms with E-state index >= 15 is 0 Å². The van der Waals surface area contributed by atoms with Crippen molar-refractivity contribution in [1.29, 1.82) is 0 Å². The molecule has 4 rings (SSSR count). The maximum atomic E-state index is 13.3. The van der Waals surface area contributed by atoms with Gasteiger partial charge in [0.1, 0.15) is 11.6 Å². The van der Waals surface area contributed by atoms with Gasteiger partial charge in [-0.15, -0.1) is 0 Å². The monoisotopic (exact) mass is 355 g/mol. The predicted octanol–water partition coefficient (Wildman–Crippen LogP) is 1.93. The number of amides is 3. The molecule has 7 nitrogen and oxygen atoms in total. The molecule has 1 aromatic heterocycles. The Morgan fingerprint density at radius 3 is 2.46 bits per heavy atom. The van der Waals surface area contributed by atoms with E-state index in [1.165, 1.54) is 41.0 Å². The molecule has 0 spiro atoms. The lowest BCUT2D eigenvalue weighted by molar-refractivity contribution is -0.124. The molecule has 0 unspecified atom stereocenters. The van der Waals surface area contributed by atoms with Crippen molar-refractivity contribution >= 4 is 22.7 Å². The number of hydrogen-bond acceptors (Lipinski definition) is 4. The van der Waals surface area contributed by atoms with Gasteiger partial charge < -0.3 is 20.1 Å². The average Bonchev–Trinajstić information content (AvgIpc) is 3.06. The topological polar surface area (TPSA) is 104 Å². The Labute approximate surface area is 146 Å². The molecule has 2 aromatic carbocycles. The average molecular weight is 355 g/mol. The van der Waals surface area contributed by atoms with Crippen LogP contribution in [0.1, 0.15) is 5.56 Å². The first-order valence-corrected chi connectivity index (χ1v) is 7.79. The summed E-state index contributed by atoms with van der Waals surface area (Å²) in [7, 11) is 0. The molecule has 8 heteroatoms. The van der Waals surface area contributed by atoms with Gasteiger partial charge >= 0.3 is 6.03 Å². The number of aromatic hydroxyl groups is 2. The molecule has 1 aliphatic rings. The van der Waals surface area contributed by atoms with Gasteiger partial charge in [0.2, 0.25) is 0 Å². The predicted molar refractivity (Wildman–Crippen MR) is 90.0 cm³/mol. The van der Waals surface area contributed by atoms with Crippen molar-refractivity contribution in [3.8, 4) is 11.6 Å². The normalized spacial score (nSPS) is 19.6. The van der Waals surface area contributed by atoms with E-state index in [4.69, 9.17) is 0 Å². The van der Waals surface area contributed by atoms with Gasteiger partial charge in [-0.25, -0.2) is 9.18 Å². The lowest BCUT2D eigenvalue weighted by Crippen LogP contribution is -2.47. The zero-order chi connectivity index (χ0) is 18.5. The Morgan fingerprint density at radius 2 is 1.81 bits per heavy atom. The van der Waals surface area contributed by atoms with E-state index in [1.807, 2.05) is 0 Å². The SMILES string of the molecule is O=C1NC(=O)[C@](Cn2cc3ccc(O)cc3c2O)(c2ccc(F)cc2)N1. The third-order valence-corrected chi connectivity index (χ3v) is 4.53. The summed E-state index contributed by atoms with van der Waals surface area (Å²) in [6.07, 6.45) is 1.60. The number of phenolic OH excluding ortho intramolecular Hbond substituents is 1. The second-order valence-corrected chi connectivity index (χ2v) is 6.17. The molecule has 4 N–H and O–H groups in total. The van der Waals surface area contributed by atoms with E-state index < -0.39 is 23.3 Å². The molecule has 1 aliphatic heterocycles. The summed E-state index contributed by atoms with van der Waals surface area (Å²) < 4.78 is 14.7. The van der Waals surface area contributed by atoms with Gasteiger partial charge in [-0.2, -0.15) is 0 Å². The van der Waals surface area contributed by atoms with Crippen LogP contribution in [-0.2, 0) is 16.9 Å². The second kappa shape index (κ2) is 5.48. The molecular formula is C18H14FN3O4. The van der Waals surface area contributed by atoms with Gasteiger partial charge in [0, 0.05) is 17.0 Å². The lowest BCUT2D eigenvalue weighted by Gasteiger charge is -2.27. The van der Waals surface area contributed by atoms with Crippen LogP contribution in [0.15, 0.2) is 48.7 Å². The number of hydrogen-bond donors (Lipinski definition) is 4. The zero-order valence-corrected chi connectivity index (χ0v) is 13.4. The Morgan fingerprint density at radius 1 is 1.08 bits per heavy atom. The van der Waals surface area contributed by atoms with Crippen LogP contribution in [0.2, 0.25) is 0 Å². The molecule has 1 atom stereocenters. The molecule has 2 heterocycles.